The van der Waals surface area contributed by atoms with Gasteiger partial charge in [0, 0.05) is 12.2 Å². The molecule has 98 valence electrons. The molecule has 0 amide bonds. The van der Waals surface area contributed by atoms with Crippen molar-refractivity contribution in [3.8, 4) is 6.07 Å². The fourth-order valence-corrected chi connectivity index (χ4v) is 1.43. The van der Waals surface area contributed by atoms with E-state index in [0.29, 0.717) is 18.8 Å². The smallest absolute Gasteiger partial charge is 0.146 e. The molecular formula is C14H18FNO2. The molecule has 0 bridgehead atoms. The molecule has 0 atom stereocenters. The van der Waals surface area contributed by atoms with Crippen LogP contribution in [0.4, 0.5) is 4.39 Å². The lowest BCUT2D eigenvalue weighted by molar-refractivity contribution is 0.0388. The Morgan fingerprint density at radius 3 is 2.72 bits per heavy atom. The van der Waals surface area contributed by atoms with Crippen LogP contribution in [0.15, 0.2) is 18.2 Å². The molecule has 0 saturated carbocycles. The normalized spacial score (nSPS) is 10.3. The van der Waals surface area contributed by atoms with Crippen molar-refractivity contribution in [1.29, 1.82) is 5.26 Å². The fraction of sp³-hybridized carbons (Fsp3) is 0.500. The van der Waals surface area contributed by atoms with Crippen LogP contribution in [-0.4, -0.2) is 19.8 Å². The molecule has 0 unspecified atom stereocenters. The maximum absolute atomic E-state index is 13.6. The summed E-state index contributed by atoms with van der Waals surface area (Å²) in [5.41, 5.74) is 0.456. The van der Waals surface area contributed by atoms with Crippen LogP contribution in [0.25, 0.3) is 0 Å². The maximum atomic E-state index is 13.6. The second kappa shape index (κ2) is 8.62. The Labute approximate surface area is 107 Å². The zero-order valence-corrected chi connectivity index (χ0v) is 10.6. The number of nitriles is 1. The van der Waals surface area contributed by atoms with Gasteiger partial charge in [-0.15, -0.1) is 0 Å². The van der Waals surface area contributed by atoms with E-state index in [1.807, 2.05) is 0 Å². The van der Waals surface area contributed by atoms with E-state index in [-0.39, 0.29) is 12.2 Å². The van der Waals surface area contributed by atoms with E-state index in [2.05, 4.69) is 6.92 Å². The second-order valence-corrected chi connectivity index (χ2v) is 3.91. The van der Waals surface area contributed by atoms with Crippen molar-refractivity contribution >= 4 is 0 Å². The Hall–Kier alpha value is -1.44. The number of unbranched alkanes of at least 4 members (excludes halogenated alkanes) is 1. The van der Waals surface area contributed by atoms with Gasteiger partial charge in [0.15, 0.2) is 0 Å². The molecule has 0 fully saturated rings. The van der Waals surface area contributed by atoms with E-state index >= 15 is 0 Å². The SMILES string of the molecule is CCCCOCCOCc1cccc(C#N)c1F. The van der Waals surface area contributed by atoms with Gasteiger partial charge in [0.1, 0.15) is 11.9 Å². The molecule has 1 rings (SSSR count). The van der Waals surface area contributed by atoms with Crippen molar-refractivity contribution in [2.75, 3.05) is 19.8 Å². The molecule has 18 heavy (non-hydrogen) atoms. The highest BCUT2D eigenvalue weighted by Gasteiger charge is 2.06. The third kappa shape index (κ3) is 4.82. The number of nitrogens with zero attached hydrogens (tertiary/aromatic N) is 1. The third-order valence-corrected chi connectivity index (χ3v) is 2.47. The highest BCUT2D eigenvalue weighted by molar-refractivity contribution is 5.34. The van der Waals surface area contributed by atoms with Gasteiger partial charge in [0.2, 0.25) is 0 Å². The molecule has 0 aliphatic heterocycles. The lowest BCUT2D eigenvalue weighted by Gasteiger charge is -2.07. The summed E-state index contributed by atoms with van der Waals surface area (Å²) >= 11 is 0. The van der Waals surface area contributed by atoms with E-state index in [0.717, 1.165) is 19.4 Å². The molecule has 0 radical (unpaired) electrons. The zero-order valence-electron chi connectivity index (χ0n) is 10.6. The second-order valence-electron chi connectivity index (χ2n) is 3.91. The minimum Gasteiger partial charge on any atom is -0.379 e. The van der Waals surface area contributed by atoms with Crippen LogP contribution in [0.5, 0.6) is 0 Å². The molecule has 3 nitrogen and oxygen atoms in total. The Morgan fingerprint density at radius 1 is 1.22 bits per heavy atom. The number of rotatable bonds is 8. The predicted octanol–water partition coefficient (Wildman–Crippen LogP) is 3.03. The zero-order chi connectivity index (χ0) is 13.2. The molecule has 0 spiro atoms. The lowest BCUT2D eigenvalue weighted by Crippen LogP contribution is -2.06. The van der Waals surface area contributed by atoms with Gasteiger partial charge in [-0.3, -0.25) is 0 Å². The van der Waals surface area contributed by atoms with E-state index in [4.69, 9.17) is 14.7 Å². The van der Waals surface area contributed by atoms with Crippen LogP contribution in [-0.2, 0) is 16.1 Å². The topological polar surface area (TPSA) is 42.2 Å². The molecule has 0 heterocycles. The molecule has 0 N–H and O–H groups in total. The number of benzene rings is 1. The van der Waals surface area contributed by atoms with Gasteiger partial charge in [0.05, 0.1) is 25.4 Å². The van der Waals surface area contributed by atoms with Gasteiger partial charge in [0.25, 0.3) is 0 Å². The Morgan fingerprint density at radius 2 is 2.00 bits per heavy atom. The number of halogens is 1. The van der Waals surface area contributed by atoms with Crippen molar-refractivity contribution in [3.63, 3.8) is 0 Å². The maximum Gasteiger partial charge on any atom is 0.146 e. The Balaban J connectivity index is 2.26. The molecule has 0 aromatic heterocycles. The van der Waals surface area contributed by atoms with E-state index in [1.54, 1.807) is 18.2 Å². The van der Waals surface area contributed by atoms with Gasteiger partial charge >= 0.3 is 0 Å². The van der Waals surface area contributed by atoms with Gasteiger partial charge < -0.3 is 9.47 Å². The molecule has 4 heteroatoms. The summed E-state index contributed by atoms with van der Waals surface area (Å²) < 4.78 is 24.2. The van der Waals surface area contributed by atoms with Crippen molar-refractivity contribution in [2.24, 2.45) is 0 Å². The summed E-state index contributed by atoms with van der Waals surface area (Å²) in [6.45, 7) is 3.95. The molecule has 1 aromatic rings. The summed E-state index contributed by atoms with van der Waals surface area (Å²) in [5.74, 6) is -0.494. The van der Waals surface area contributed by atoms with Crippen molar-refractivity contribution < 1.29 is 13.9 Å². The summed E-state index contributed by atoms with van der Waals surface area (Å²) in [7, 11) is 0. The van der Waals surface area contributed by atoms with Crippen LogP contribution in [0.3, 0.4) is 0 Å². The van der Waals surface area contributed by atoms with Crippen LogP contribution < -0.4 is 0 Å². The van der Waals surface area contributed by atoms with Crippen molar-refractivity contribution in [3.05, 3.63) is 35.1 Å². The largest absolute Gasteiger partial charge is 0.379 e. The van der Waals surface area contributed by atoms with Crippen LogP contribution in [0.1, 0.15) is 30.9 Å². The van der Waals surface area contributed by atoms with Crippen LogP contribution in [0.2, 0.25) is 0 Å². The number of hydrogen-bond acceptors (Lipinski definition) is 3. The Kier molecular flexibility index (Phi) is 7.00. The minimum atomic E-state index is -0.494. The van der Waals surface area contributed by atoms with Gasteiger partial charge in [-0.25, -0.2) is 4.39 Å². The first-order chi connectivity index (χ1) is 8.79. The van der Waals surface area contributed by atoms with E-state index in [9.17, 15) is 4.39 Å². The number of ether oxygens (including phenoxy) is 2. The summed E-state index contributed by atoms with van der Waals surface area (Å²) in [6.07, 6.45) is 2.14. The highest BCUT2D eigenvalue weighted by Crippen LogP contribution is 2.12. The summed E-state index contributed by atoms with van der Waals surface area (Å²) in [5, 5.41) is 8.68. The van der Waals surface area contributed by atoms with Gasteiger partial charge in [-0.05, 0) is 12.5 Å². The molecular weight excluding hydrogens is 233 g/mol. The van der Waals surface area contributed by atoms with Crippen LogP contribution >= 0.6 is 0 Å². The summed E-state index contributed by atoms with van der Waals surface area (Å²) in [6, 6.07) is 6.53. The predicted molar refractivity (Wildman–Crippen MR) is 66.5 cm³/mol. The average Bonchev–Trinajstić information content (AvgIpc) is 2.39. The van der Waals surface area contributed by atoms with Crippen molar-refractivity contribution in [2.45, 2.75) is 26.4 Å². The molecule has 1 aromatic carbocycles. The van der Waals surface area contributed by atoms with Crippen LogP contribution in [0, 0.1) is 17.1 Å². The molecule has 0 aliphatic rings. The van der Waals surface area contributed by atoms with Crippen molar-refractivity contribution in [1.82, 2.24) is 0 Å². The van der Waals surface area contributed by atoms with E-state index < -0.39 is 5.82 Å². The highest BCUT2D eigenvalue weighted by atomic mass is 19.1. The first-order valence-corrected chi connectivity index (χ1v) is 6.12. The first kappa shape index (κ1) is 14.6. The molecule has 0 aliphatic carbocycles. The quantitative estimate of drug-likeness (QED) is 0.667. The third-order valence-electron chi connectivity index (χ3n) is 2.47. The van der Waals surface area contributed by atoms with E-state index in [1.165, 1.54) is 6.07 Å². The first-order valence-electron chi connectivity index (χ1n) is 6.12. The standard InChI is InChI=1S/C14H18FNO2/c1-2-3-7-17-8-9-18-11-13-6-4-5-12(10-16)14(13)15/h4-6H,2-3,7-9,11H2,1H3. The summed E-state index contributed by atoms with van der Waals surface area (Å²) in [4.78, 5) is 0. The minimum absolute atomic E-state index is 0.0512. The Bertz CT molecular complexity index is 401. The van der Waals surface area contributed by atoms with Gasteiger partial charge in [-0.1, -0.05) is 25.5 Å². The number of hydrogen-bond donors (Lipinski definition) is 0. The molecule has 0 saturated heterocycles. The lowest BCUT2D eigenvalue weighted by atomic mass is 10.1. The average molecular weight is 251 g/mol. The fourth-order valence-electron chi connectivity index (χ4n) is 1.43. The monoisotopic (exact) mass is 251 g/mol. The van der Waals surface area contributed by atoms with Gasteiger partial charge in [-0.2, -0.15) is 5.26 Å².